The van der Waals surface area contributed by atoms with E-state index in [-0.39, 0.29) is 29.8 Å². The van der Waals surface area contributed by atoms with Gasteiger partial charge in [-0.25, -0.2) is 4.68 Å². The lowest BCUT2D eigenvalue weighted by Crippen LogP contribution is -2.48. The Bertz CT molecular complexity index is 693. The van der Waals surface area contributed by atoms with Crippen LogP contribution in [0, 0.1) is 5.92 Å². The van der Waals surface area contributed by atoms with Crippen LogP contribution in [0.2, 0.25) is 0 Å². The molecule has 0 aliphatic carbocycles. The molecule has 2 aromatic rings. The van der Waals surface area contributed by atoms with Crippen LogP contribution in [0.25, 0.3) is 5.69 Å². The molecule has 0 bridgehead atoms. The van der Waals surface area contributed by atoms with Crippen LogP contribution in [-0.4, -0.2) is 40.4 Å². The van der Waals surface area contributed by atoms with Crippen molar-refractivity contribution < 1.29 is 9.90 Å². The summed E-state index contributed by atoms with van der Waals surface area (Å²) in [5, 5.41) is 20.2. The number of hydrogen-bond acceptors (Lipinski definition) is 4. The van der Waals surface area contributed by atoms with Crippen LogP contribution in [0.3, 0.4) is 0 Å². The van der Waals surface area contributed by atoms with E-state index in [0.717, 1.165) is 18.8 Å². The monoisotopic (exact) mass is 350 g/mol. The first kappa shape index (κ1) is 18.3. The maximum Gasteiger partial charge on any atom is 0.275 e. The Balaban J connectivity index is 0.00000208. The van der Waals surface area contributed by atoms with Gasteiger partial charge in [0, 0.05) is 25.6 Å². The number of nitrogens with zero attached hydrogens (tertiary/aromatic N) is 2. The SMILES string of the molecule is CC(C)c1ccc(-n2cc(O)c(C(=O)NCC3CNC3)n2)cc1.Cl. The van der Waals surface area contributed by atoms with Crippen LogP contribution in [0.1, 0.15) is 35.8 Å². The number of halogens is 1. The van der Waals surface area contributed by atoms with Crippen LogP contribution in [0.5, 0.6) is 5.75 Å². The lowest BCUT2D eigenvalue weighted by Gasteiger charge is -2.26. The molecule has 1 aliphatic rings. The van der Waals surface area contributed by atoms with Crippen molar-refractivity contribution in [2.75, 3.05) is 19.6 Å². The second kappa shape index (κ2) is 7.68. The van der Waals surface area contributed by atoms with Crippen molar-refractivity contribution in [3.63, 3.8) is 0 Å². The summed E-state index contributed by atoms with van der Waals surface area (Å²) < 4.78 is 1.53. The Morgan fingerprint density at radius 1 is 1.38 bits per heavy atom. The van der Waals surface area contributed by atoms with E-state index in [1.165, 1.54) is 16.4 Å². The van der Waals surface area contributed by atoms with Gasteiger partial charge in [0.15, 0.2) is 11.4 Å². The predicted molar refractivity (Wildman–Crippen MR) is 95.3 cm³/mol. The Morgan fingerprint density at radius 2 is 2.04 bits per heavy atom. The number of carbonyl (C=O) groups is 1. The number of benzene rings is 1. The van der Waals surface area contributed by atoms with E-state index in [2.05, 4.69) is 29.6 Å². The van der Waals surface area contributed by atoms with E-state index in [0.29, 0.717) is 18.4 Å². The van der Waals surface area contributed by atoms with E-state index < -0.39 is 0 Å². The van der Waals surface area contributed by atoms with Gasteiger partial charge < -0.3 is 15.7 Å². The third kappa shape index (κ3) is 3.88. The summed E-state index contributed by atoms with van der Waals surface area (Å²) in [5.74, 6) is 0.471. The molecule has 0 saturated carbocycles. The average Bonchev–Trinajstić information content (AvgIpc) is 2.87. The number of aromatic nitrogens is 2. The minimum Gasteiger partial charge on any atom is -0.504 e. The van der Waals surface area contributed by atoms with Crippen molar-refractivity contribution in [1.82, 2.24) is 20.4 Å². The highest BCUT2D eigenvalue weighted by atomic mass is 35.5. The molecule has 3 N–H and O–H groups in total. The molecule has 7 heteroatoms. The summed E-state index contributed by atoms with van der Waals surface area (Å²) in [4.78, 5) is 12.1. The van der Waals surface area contributed by atoms with Gasteiger partial charge in [-0.1, -0.05) is 26.0 Å². The van der Waals surface area contributed by atoms with E-state index in [1.807, 2.05) is 24.3 Å². The first-order valence-electron chi connectivity index (χ1n) is 7.92. The van der Waals surface area contributed by atoms with Gasteiger partial charge in [0.1, 0.15) is 0 Å². The second-order valence-corrected chi connectivity index (χ2v) is 6.29. The number of nitrogens with one attached hydrogen (secondary N) is 2. The topological polar surface area (TPSA) is 79.2 Å². The normalized spacial score (nSPS) is 14.1. The summed E-state index contributed by atoms with van der Waals surface area (Å²) in [6.45, 7) is 6.71. The highest BCUT2D eigenvalue weighted by Gasteiger charge is 2.21. The molecule has 1 aromatic carbocycles. The largest absolute Gasteiger partial charge is 0.504 e. The molecular weight excluding hydrogens is 328 g/mol. The van der Waals surface area contributed by atoms with Crippen molar-refractivity contribution in [3.8, 4) is 11.4 Å². The summed E-state index contributed by atoms with van der Waals surface area (Å²) in [5.41, 5.74) is 2.11. The van der Waals surface area contributed by atoms with Crippen LogP contribution >= 0.6 is 12.4 Å². The molecule has 1 aliphatic heterocycles. The average molecular weight is 351 g/mol. The fourth-order valence-corrected chi connectivity index (χ4v) is 2.48. The van der Waals surface area contributed by atoms with Gasteiger partial charge in [-0.05, 0) is 23.6 Å². The second-order valence-electron chi connectivity index (χ2n) is 6.29. The molecular formula is C17H23ClN4O2. The quantitative estimate of drug-likeness (QED) is 0.771. The van der Waals surface area contributed by atoms with Crippen LogP contribution in [0.4, 0.5) is 0 Å². The predicted octanol–water partition coefficient (Wildman–Crippen LogP) is 2.07. The van der Waals surface area contributed by atoms with Crippen molar-refractivity contribution in [1.29, 1.82) is 0 Å². The van der Waals surface area contributed by atoms with E-state index >= 15 is 0 Å². The third-order valence-electron chi connectivity index (χ3n) is 4.15. The molecule has 130 valence electrons. The molecule has 0 radical (unpaired) electrons. The zero-order valence-corrected chi connectivity index (χ0v) is 14.6. The number of rotatable bonds is 5. The number of carbonyl (C=O) groups excluding carboxylic acids is 1. The maximum absolute atomic E-state index is 12.1. The lowest BCUT2D eigenvalue weighted by atomic mass is 10.0. The molecule has 1 saturated heterocycles. The summed E-state index contributed by atoms with van der Waals surface area (Å²) in [7, 11) is 0. The minimum absolute atomic E-state index is 0. The standard InChI is InChI=1S/C17H22N4O2.ClH/c1-11(2)13-3-5-14(6-4-13)21-10-15(22)16(20-21)17(23)19-9-12-7-18-8-12;/h3-6,10-12,18,22H,7-9H2,1-2H3,(H,19,23);1H. The van der Waals surface area contributed by atoms with Crippen LogP contribution < -0.4 is 10.6 Å². The number of hydrogen-bond donors (Lipinski definition) is 3. The summed E-state index contributed by atoms with van der Waals surface area (Å²) in [6, 6.07) is 7.93. The van der Waals surface area contributed by atoms with E-state index in [4.69, 9.17) is 0 Å². The van der Waals surface area contributed by atoms with Crippen molar-refractivity contribution in [2.45, 2.75) is 19.8 Å². The first-order valence-corrected chi connectivity index (χ1v) is 7.92. The maximum atomic E-state index is 12.1. The Kier molecular flexibility index (Phi) is 5.85. The first-order chi connectivity index (χ1) is 11.0. The molecule has 0 atom stereocenters. The van der Waals surface area contributed by atoms with Gasteiger partial charge >= 0.3 is 0 Å². The smallest absolute Gasteiger partial charge is 0.275 e. The molecule has 0 unspecified atom stereocenters. The number of amides is 1. The van der Waals surface area contributed by atoms with Crippen LogP contribution in [-0.2, 0) is 0 Å². The van der Waals surface area contributed by atoms with Gasteiger partial charge in [-0.3, -0.25) is 4.79 Å². The fraction of sp³-hybridized carbons (Fsp3) is 0.412. The van der Waals surface area contributed by atoms with Crippen LogP contribution in [0.15, 0.2) is 30.5 Å². The molecule has 0 spiro atoms. The molecule has 1 amide bonds. The molecule has 24 heavy (non-hydrogen) atoms. The van der Waals surface area contributed by atoms with Gasteiger partial charge in [0.05, 0.1) is 11.9 Å². The molecule has 1 aromatic heterocycles. The summed E-state index contributed by atoms with van der Waals surface area (Å²) >= 11 is 0. The van der Waals surface area contributed by atoms with Gasteiger partial charge in [-0.2, -0.15) is 5.10 Å². The Labute approximate surface area is 147 Å². The van der Waals surface area contributed by atoms with E-state index in [9.17, 15) is 9.90 Å². The minimum atomic E-state index is -0.341. The van der Waals surface area contributed by atoms with Crippen molar-refractivity contribution in [2.24, 2.45) is 5.92 Å². The Hall–Kier alpha value is -2.05. The highest BCUT2D eigenvalue weighted by molar-refractivity contribution is 5.94. The zero-order chi connectivity index (χ0) is 16.4. The van der Waals surface area contributed by atoms with Gasteiger partial charge in [0.2, 0.25) is 0 Å². The third-order valence-corrected chi connectivity index (χ3v) is 4.15. The molecule has 6 nitrogen and oxygen atoms in total. The van der Waals surface area contributed by atoms with Gasteiger partial charge in [-0.15, -0.1) is 12.4 Å². The summed E-state index contributed by atoms with van der Waals surface area (Å²) in [6.07, 6.45) is 1.46. The van der Waals surface area contributed by atoms with Gasteiger partial charge in [0.25, 0.3) is 5.91 Å². The highest BCUT2D eigenvalue weighted by Crippen LogP contribution is 2.20. The molecule has 3 rings (SSSR count). The van der Waals surface area contributed by atoms with Crippen molar-refractivity contribution >= 4 is 18.3 Å². The zero-order valence-electron chi connectivity index (χ0n) is 13.8. The molecule has 2 heterocycles. The number of aromatic hydroxyl groups is 1. The lowest BCUT2D eigenvalue weighted by molar-refractivity contribution is 0.0934. The van der Waals surface area contributed by atoms with E-state index in [1.54, 1.807) is 0 Å². The Morgan fingerprint density at radius 3 is 2.58 bits per heavy atom. The molecule has 1 fully saturated rings. The van der Waals surface area contributed by atoms with Crippen molar-refractivity contribution in [3.05, 3.63) is 41.7 Å². The fourth-order valence-electron chi connectivity index (χ4n) is 2.48.